The van der Waals surface area contributed by atoms with E-state index in [0.29, 0.717) is 20.9 Å². The molecular weight excluding hydrogens is 585 g/mol. The zero-order valence-corrected chi connectivity index (χ0v) is 25.7. The first kappa shape index (κ1) is 30.9. The van der Waals surface area contributed by atoms with E-state index in [-0.39, 0.29) is 26.7 Å². The number of carbonyl (C=O) groups is 1. The molecule has 1 unspecified atom stereocenters. The summed E-state index contributed by atoms with van der Waals surface area (Å²) in [5.41, 5.74) is 1.52. The van der Waals surface area contributed by atoms with Gasteiger partial charge in [-0.15, -0.1) is 0 Å². The Labute approximate surface area is 243 Å². The van der Waals surface area contributed by atoms with Crippen LogP contribution >= 0.6 is 0 Å². The number of nitrogens with zero attached hydrogens (tertiary/aromatic N) is 2. The molecule has 12 heteroatoms. The van der Waals surface area contributed by atoms with Crippen LogP contribution in [-0.4, -0.2) is 51.8 Å². The predicted molar refractivity (Wildman–Crippen MR) is 156 cm³/mol. The fourth-order valence-electron chi connectivity index (χ4n) is 4.81. The molecule has 1 amide bonds. The summed E-state index contributed by atoms with van der Waals surface area (Å²) < 4.78 is 84.3. The standard InChI is InChI=1S/C29H34N2O7S3/c1-4-5-6-7-10-24(31-29(32)27-11-8-9-12-28(27)41(31,37)38)21-30(39(33,34)25-17-13-22(2)14-18-25)40(35,36)26-19-15-23(3)16-20-26/h8-9,11-20,24H,4-7,10,21H2,1-3H3. The highest BCUT2D eigenvalue weighted by Gasteiger charge is 2.48. The SMILES string of the molecule is CCCCCCC(CN(S(=O)(=O)c1ccc(C)cc1)S(=O)(=O)c1ccc(C)cc1)N1C(=O)c2ccccc2S1(=O)=O. The third-order valence-corrected chi connectivity index (χ3v) is 13.3. The number of fused-ring (bicyclic) bond motifs is 1. The number of hydrogen-bond acceptors (Lipinski definition) is 7. The molecule has 1 atom stereocenters. The topological polar surface area (TPSA) is 126 Å². The van der Waals surface area contributed by atoms with Crippen molar-refractivity contribution in [1.29, 1.82) is 0 Å². The Morgan fingerprint density at radius 1 is 0.756 bits per heavy atom. The van der Waals surface area contributed by atoms with Crippen LogP contribution in [0, 0.1) is 13.8 Å². The van der Waals surface area contributed by atoms with Gasteiger partial charge in [-0.2, -0.15) is 0 Å². The zero-order chi connectivity index (χ0) is 30.0. The first-order chi connectivity index (χ1) is 19.3. The Hall–Kier alpha value is -3.06. The summed E-state index contributed by atoms with van der Waals surface area (Å²) >= 11 is 0. The van der Waals surface area contributed by atoms with Gasteiger partial charge in [0, 0.05) is 0 Å². The fraction of sp³-hybridized carbons (Fsp3) is 0.345. The number of sulfonamides is 3. The van der Waals surface area contributed by atoms with Gasteiger partial charge in [0.05, 0.1) is 27.9 Å². The second-order valence-corrected chi connectivity index (χ2v) is 15.9. The quantitative estimate of drug-likeness (QED) is 0.265. The molecule has 1 heterocycles. The van der Waals surface area contributed by atoms with E-state index in [1.807, 2.05) is 6.92 Å². The molecule has 0 bridgehead atoms. The molecule has 3 aromatic rings. The maximum Gasteiger partial charge on any atom is 0.269 e. The maximum absolute atomic E-state index is 14.0. The van der Waals surface area contributed by atoms with E-state index < -0.39 is 48.6 Å². The minimum atomic E-state index is -4.70. The molecule has 3 aromatic carbocycles. The summed E-state index contributed by atoms with van der Waals surface area (Å²) in [5.74, 6) is -0.804. The van der Waals surface area contributed by atoms with Crippen LogP contribution in [0.15, 0.2) is 87.5 Å². The average molecular weight is 619 g/mol. The first-order valence-corrected chi connectivity index (χ1v) is 17.7. The Balaban J connectivity index is 1.86. The first-order valence-electron chi connectivity index (χ1n) is 13.4. The monoisotopic (exact) mass is 618 g/mol. The lowest BCUT2D eigenvalue weighted by Gasteiger charge is -2.31. The molecule has 0 saturated carbocycles. The molecule has 41 heavy (non-hydrogen) atoms. The molecule has 0 aliphatic carbocycles. The molecule has 0 fully saturated rings. The van der Waals surface area contributed by atoms with Gasteiger partial charge in [-0.05, 0) is 56.7 Å². The largest absolute Gasteiger partial charge is 0.269 e. The third kappa shape index (κ3) is 6.11. The van der Waals surface area contributed by atoms with E-state index in [4.69, 9.17) is 0 Å². The van der Waals surface area contributed by atoms with E-state index in [0.717, 1.165) is 24.0 Å². The van der Waals surface area contributed by atoms with E-state index in [1.54, 1.807) is 44.2 Å². The number of hydrogen-bond donors (Lipinski definition) is 0. The van der Waals surface area contributed by atoms with E-state index in [9.17, 15) is 30.0 Å². The molecule has 220 valence electrons. The van der Waals surface area contributed by atoms with Crippen molar-refractivity contribution in [1.82, 2.24) is 8.02 Å². The van der Waals surface area contributed by atoms with Gasteiger partial charge in [-0.25, -0.2) is 29.6 Å². The van der Waals surface area contributed by atoms with Crippen molar-refractivity contribution in [2.45, 2.75) is 73.6 Å². The van der Waals surface area contributed by atoms with Gasteiger partial charge < -0.3 is 0 Å². The summed E-state index contributed by atoms with van der Waals surface area (Å²) in [4.78, 5) is 12.8. The fourth-order valence-corrected chi connectivity index (χ4v) is 10.3. The Morgan fingerprint density at radius 3 is 1.76 bits per heavy atom. The summed E-state index contributed by atoms with van der Waals surface area (Å²) in [6.07, 6.45) is 3.00. The Bertz CT molecular complexity index is 1660. The number of aryl methyl sites for hydroxylation is 2. The molecule has 0 aromatic heterocycles. The highest BCUT2D eigenvalue weighted by molar-refractivity contribution is 8.04. The Kier molecular flexibility index (Phi) is 9.07. The number of carbonyl (C=O) groups excluding carboxylic acids is 1. The van der Waals surface area contributed by atoms with Crippen molar-refractivity contribution in [3.05, 3.63) is 89.5 Å². The van der Waals surface area contributed by atoms with Gasteiger partial charge in [0.25, 0.3) is 36.0 Å². The molecule has 0 saturated heterocycles. The van der Waals surface area contributed by atoms with E-state index in [1.165, 1.54) is 42.5 Å². The normalized spacial score (nSPS) is 15.7. The van der Waals surface area contributed by atoms with E-state index in [2.05, 4.69) is 0 Å². The van der Waals surface area contributed by atoms with Gasteiger partial charge >= 0.3 is 0 Å². The van der Waals surface area contributed by atoms with Crippen molar-refractivity contribution < 1.29 is 30.0 Å². The van der Waals surface area contributed by atoms with Crippen molar-refractivity contribution >= 4 is 36.0 Å². The van der Waals surface area contributed by atoms with Crippen molar-refractivity contribution in [3.63, 3.8) is 0 Å². The Morgan fingerprint density at radius 2 is 1.27 bits per heavy atom. The van der Waals surface area contributed by atoms with Crippen LogP contribution in [-0.2, 0) is 30.1 Å². The lowest BCUT2D eigenvalue weighted by Crippen LogP contribution is -2.50. The summed E-state index contributed by atoms with van der Waals surface area (Å²) in [5, 5.41) is 0. The summed E-state index contributed by atoms with van der Waals surface area (Å²) in [7, 11) is -13.8. The van der Waals surface area contributed by atoms with Crippen LogP contribution in [0.1, 0.15) is 60.5 Å². The number of benzene rings is 3. The third-order valence-electron chi connectivity index (χ3n) is 7.11. The van der Waals surface area contributed by atoms with Gasteiger partial charge in [0.2, 0.25) is 0 Å². The van der Waals surface area contributed by atoms with Crippen molar-refractivity contribution in [2.75, 3.05) is 6.54 Å². The molecule has 4 rings (SSSR count). The average Bonchev–Trinajstić information content (AvgIpc) is 3.13. The second kappa shape index (κ2) is 12.0. The molecule has 9 nitrogen and oxygen atoms in total. The lowest BCUT2D eigenvalue weighted by atomic mass is 10.1. The van der Waals surface area contributed by atoms with Crippen LogP contribution in [0.4, 0.5) is 0 Å². The molecular formula is C29H34N2O7S3. The van der Waals surface area contributed by atoms with Crippen LogP contribution in [0.2, 0.25) is 0 Å². The summed E-state index contributed by atoms with van der Waals surface area (Å²) in [6.45, 7) is 4.78. The number of amides is 1. The molecule has 0 radical (unpaired) electrons. The van der Waals surface area contributed by atoms with Crippen LogP contribution in [0.25, 0.3) is 0 Å². The highest BCUT2D eigenvalue weighted by atomic mass is 32.3. The van der Waals surface area contributed by atoms with Gasteiger partial charge in [0.15, 0.2) is 0 Å². The maximum atomic E-state index is 14.0. The number of rotatable bonds is 12. The van der Waals surface area contributed by atoms with Gasteiger partial charge in [-0.1, -0.05) is 83.8 Å². The molecule has 0 spiro atoms. The minimum Gasteiger partial charge on any atom is -0.268 e. The van der Waals surface area contributed by atoms with Crippen LogP contribution in [0.3, 0.4) is 0 Å². The predicted octanol–water partition coefficient (Wildman–Crippen LogP) is 4.87. The smallest absolute Gasteiger partial charge is 0.268 e. The molecule has 0 N–H and O–H groups in total. The van der Waals surface area contributed by atoms with Crippen LogP contribution < -0.4 is 0 Å². The van der Waals surface area contributed by atoms with Gasteiger partial charge in [0.1, 0.15) is 4.90 Å². The minimum absolute atomic E-state index is 0.0274. The number of unbranched alkanes of at least 4 members (excludes halogenated alkanes) is 3. The second-order valence-electron chi connectivity index (χ2n) is 10.2. The van der Waals surface area contributed by atoms with E-state index >= 15 is 0 Å². The summed E-state index contributed by atoms with van der Waals surface area (Å²) in [6, 6.07) is 15.9. The molecule has 1 aliphatic heterocycles. The van der Waals surface area contributed by atoms with Crippen molar-refractivity contribution in [2.24, 2.45) is 0 Å². The van der Waals surface area contributed by atoms with Crippen molar-refractivity contribution in [3.8, 4) is 0 Å². The highest BCUT2D eigenvalue weighted by Crippen LogP contribution is 2.35. The molecule has 1 aliphatic rings. The van der Waals surface area contributed by atoms with Gasteiger partial charge in [-0.3, -0.25) is 4.79 Å². The lowest BCUT2D eigenvalue weighted by molar-refractivity contribution is 0.0820. The van der Waals surface area contributed by atoms with Crippen LogP contribution in [0.5, 0.6) is 0 Å². The zero-order valence-electron chi connectivity index (χ0n) is 23.2.